The van der Waals surface area contributed by atoms with Gasteiger partial charge in [-0.05, 0) is 42.6 Å². The average molecular weight is 264 g/mol. The van der Waals surface area contributed by atoms with Crippen molar-refractivity contribution in [1.29, 1.82) is 0 Å². The van der Waals surface area contributed by atoms with E-state index in [1.54, 1.807) is 7.11 Å². The molecule has 0 fully saturated rings. The molecule has 4 heteroatoms. The first-order valence-corrected chi connectivity index (χ1v) is 6.83. The van der Waals surface area contributed by atoms with E-state index >= 15 is 0 Å². The Balaban J connectivity index is 1.92. The van der Waals surface area contributed by atoms with Gasteiger partial charge in [0.2, 0.25) is 0 Å². The van der Waals surface area contributed by atoms with E-state index in [2.05, 4.69) is 34.9 Å². The summed E-state index contributed by atoms with van der Waals surface area (Å²) >= 11 is 5.30. The molecular formula is C14H20N2OS. The molecule has 1 aromatic carbocycles. The Morgan fingerprint density at radius 1 is 1.44 bits per heavy atom. The van der Waals surface area contributed by atoms with E-state index in [9.17, 15) is 0 Å². The molecule has 1 aromatic rings. The van der Waals surface area contributed by atoms with Crippen LogP contribution in [-0.4, -0.2) is 25.4 Å². The molecule has 0 saturated heterocycles. The van der Waals surface area contributed by atoms with Crippen molar-refractivity contribution in [3.8, 4) is 0 Å². The van der Waals surface area contributed by atoms with Crippen LogP contribution in [0, 0.1) is 0 Å². The van der Waals surface area contributed by atoms with Crippen molar-refractivity contribution >= 4 is 17.3 Å². The first kappa shape index (κ1) is 13.3. The predicted octanol–water partition coefficient (Wildman–Crippen LogP) is 2.17. The van der Waals surface area contributed by atoms with Crippen LogP contribution < -0.4 is 10.6 Å². The van der Waals surface area contributed by atoms with Crippen molar-refractivity contribution in [3.05, 3.63) is 35.4 Å². The minimum Gasteiger partial charge on any atom is -0.383 e. The number of benzene rings is 1. The Kier molecular flexibility index (Phi) is 4.96. The summed E-state index contributed by atoms with van der Waals surface area (Å²) in [7, 11) is 1.69. The van der Waals surface area contributed by atoms with Crippen molar-refractivity contribution in [2.45, 2.75) is 25.3 Å². The number of ether oxygens (including phenoxy) is 1. The minimum atomic E-state index is 0.345. The third kappa shape index (κ3) is 3.43. The second kappa shape index (κ2) is 6.71. The van der Waals surface area contributed by atoms with Crippen LogP contribution in [0.5, 0.6) is 0 Å². The average Bonchev–Trinajstić information content (AvgIpc) is 2.39. The van der Waals surface area contributed by atoms with Gasteiger partial charge in [0.25, 0.3) is 0 Å². The standard InChI is InChI=1S/C14H20N2OS/c1-17-10-9-15-14(18)16-13-8-4-6-11-5-2-3-7-12(11)13/h2-3,5,7,13H,4,6,8-10H2,1H3,(H2,15,16,18). The summed E-state index contributed by atoms with van der Waals surface area (Å²) in [4.78, 5) is 0. The van der Waals surface area contributed by atoms with Crippen molar-refractivity contribution in [1.82, 2.24) is 10.6 Å². The molecule has 1 unspecified atom stereocenters. The zero-order valence-corrected chi connectivity index (χ0v) is 11.6. The molecule has 0 radical (unpaired) electrons. The summed E-state index contributed by atoms with van der Waals surface area (Å²) in [6.07, 6.45) is 3.54. The maximum absolute atomic E-state index is 5.30. The lowest BCUT2D eigenvalue weighted by Crippen LogP contribution is -2.40. The van der Waals surface area contributed by atoms with Crippen molar-refractivity contribution in [2.24, 2.45) is 0 Å². The molecule has 98 valence electrons. The maximum Gasteiger partial charge on any atom is 0.166 e. The number of thiocarbonyl (C=S) groups is 1. The third-order valence-electron chi connectivity index (χ3n) is 3.27. The lowest BCUT2D eigenvalue weighted by molar-refractivity contribution is 0.203. The van der Waals surface area contributed by atoms with Gasteiger partial charge in [-0.1, -0.05) is 24.3 Å². The molecule has 0 saturated carbocycles. The van der Waals surface area contributed by atoms with Gasteiger partial charge in [-0.3, -0.25) is 0 Å². The van der Waals surface area contributed by atoms with Gasteiger partial charge in [0, 0.05) is 13.7 Å². The zero-order chi connectivity index (χ0) is 12.8. The minimum absolute atomic E-state index is 0.345. The van der Waals surface area contributed by atoms with Crippen molar-refractivity contribution in [2.75, 3.05) is 20.3 Å². The van der Waals surface area contributed by atoms with E-state index in [4.69, 9.17) is 17.0 Å². The normalized spacial score (nSPS) is 17.9. The Morgan fingerprint density at radius 3 is 3.11 bits per heavy atom. The fraction of sp³-hybridized carbons (Fsp3) is 0.500. The lowest BCUT2D eigenvalue weighted by Gasteiger charge is -2.27. The largest absolute Gasteiger partial charge is 0.383 e. The smallest absolute Gasteiger partial charge is 0.166 e. The fourth-order valence-electron chi connectivity index (χ4n) is 2.38. The fourth-order valence-corrected chi connectivity index (χ4v) is 2.62. The van der Waals surface area contributed by atoms with Crippen molar-refractivity contribution in [3.63, 3.8) is 0 Å². The quantitative estimate of drug-likeness (QED) is 0.645. The lowest BCUT2D eigenvalue weighted by atomic mass is 9.88. The molecule has 0 heterocycles. The molecule has 18 heavy (non-hydrogen) atoms. The third-order valence-corrected chi connectivity index (χ3v) is 3.53. The van der Waals surface area contributed by atoms with Gasteiger partial charge in [0.1, 0.15) is 0 Å². The molecule has 2 N–H and O–H groups in total. The summed E-state index contributed by atoms with van der Waals surface area (Å²) in [6, 6.07) is 8.96. The van der Waals surface area contributed by atoms with Crippen molar-refractivity contribution < 1.29 is 4.74 Å². The maximum atomic E-state index is 5.30. The highest BCUT2D eigenvalue weighted by atomic mass is 32.1. The molecule has 0 aliphatic heterocycles. The van der Waals surface area contributed by atoms with Crippen LogP contribution in [0.3, 0.4) is 0 Å². The molecule has 1 aliphatic carbocycles. The summed E-state index contributed by atoms with van der Waals surface area (Å²) in [6.45, 7) is 1.42. The molecule has 0 bridgehead atoms. The molecule has 1 atom stereocenters. The molecule has 1 aliphatic rings. The van der Waals surface area contributed by atoms with E-state index in [1.165, 1.54) is 24.0 Å². The zero-order valence-electron chi connectivity index (χ0n) is 10.7. The van der Waals surface area contributed by atoms with Crippen LogP contribution in [0.2, 0.25) is 0 Å². The number of fused-ring (bicyclic) bond motifs is 1. The highest BCUT2D eigenvalue weighted by Gasteiger charge is 2.19. The van der Waals surface area contributed by atoms with Crippen LogP contribution in [0.4, 0.5) is 0 Å². The second-order valence-electron chi connectivity index (χ2n) is 4.54. The van der Waals surface area contributed by atoms with Crippen LogP contribution in [0.15, 0.2) is 24.3 Å². The van der Waals surface area contributed by atoms with Crippen LogP contribution in [0.1, 0.15) is 30.0 Å². The molecule has 2 rings (SSSR count). The Bertz CT molecular complexity index is 409. The molecule has 0 aromatic heterocycles. The van der Waals surface area contributed by atoms with Gasteiger partial charge in [-0.25, -0.2) is 0 Å². The number of aryl methyl sites for hydroxylation is 1. The van der Waals surface area contributed by atoms with Gasteiger partial charge in [0.05, 0.1) is 12.6 Å². The van der Waals surface area contributed by atoms with Gasteiger partial charge < -0.3 is 15.4 Å². The van der Waals surface area contributed by atoms with Crippen LogP contribution in [0.25, 0.3) is 0 Å². The number of methoxy groups -OCH3 is 1. The molecule has 3 nitrogen and oxygen atoms in total. The molecular weight excluding hydrogens is 244 g/mol. The summed E-state index contributed by atoms with van der Waals surface area (Å²) in [5.41, 5.74) is 2.83. The van der Waals surface area contributed by atoms with E-state index in [-0.39, 0.29) is 0 Å². The summed E-state index contributed by atoms with van der Waals surface area (Å²) < 4.78 is 4.99. The second-order valence-corrected chi connectivity index (χ2v) is 4.94. The first-order chi connectivity index (χ1) is 8.81. The first-order valence-electron chi connectivity index (χ1n) is 6.42. The van der Waals surface area contributed by atoms with Gasteiger partial charge in [0.15, 0.2) is 5.11 Å². The highest BCUT2D eigenvalue weighted by molar-refractivity contribution is 7.80. The van der Waals surface area contributed by atoms with Crippen LogP contribution in [-0.2, 0) is 11.2 Å². The summed E-state index contributed by atoms with van der Waals surface area (Å²) in [5.74, 6) is 0. The Labute approximate surface area is 114 Å². The summed E-state index contributed by atoms with van der Waals surface area (Å²) in [5, 5.41) is 7.27. The molecule has 0 spiro atoms. The Hall–Kier alpha value is -1.13. The number of hydrogen-bond acceptors (Lipinski definition) is 2. The number of rotatable bonds is 4. The van der Waals surface area contributed by atoms with E-state index in [0.29, 0.717) is 17.8 Å². The SMILES string of the molecule is COCCNC(=S)NC1CCCc2ccccc21. The molecule has 0 amide bonds. The topological polar surface area (TPSA) is 33.3 Å². The number of nitrogens with one attached hydrogen (secondary N) is 2. The van der Waals surface area contributed by atoms with Crippen LogP contribution >= 0.6 is 12.2 Å². The van der Waals surface area contributed by atoms with Gasteiger partial charge >= 0.3 is 0 Å². The number of hydrogen-bond donors (Lipinski definition) is 2. The van der Waals surface area contributed by atoms with Gasteiger partial charge in [-0.2, -0.15) is 0 Å². The highest BCUT2D eigenvalue weighted by Crippen LogP contribution is 2.29. The monoisotopic (exact) mass is 264 g/mol. The Morgan fingerprint density at radius 2 is 2.28 bits per heavy atom. The predicted molar refractivity (Wildman–Crippen MR) is 77.7 cm³/mol. The van der Waals surface area contributed by atoms with Gasteiger partial charge in [-0.15, -0.1) is 0 Å². The van der Waals surface area contributed by atoms with E-state index in [0.717, 1.165) is 13.0 Å². The van der Waals surface area contributed by atoms with E-state index < -0.39 is 0 Å². The van der Waals surface area contributed by atoms with E-state index in [1.807, 2.05) is 0 Å².